The van der Waals surface area contributed by atoms with Crippen LogP contribution in [0.2, 0.25) is 0 Å². The molecule has 3 atom stereocenters. The average molecular weight is 606 g/mol. The summed E-state index contributed by atoms with van der Waals surface area (Å²) in [7, 11) is 4.63. The lowest BCUT2D eigenvalue weighted by molar-refractivity contribution is -0.141. The predicted molar refractivity (Wildman–Crippen MR) is 172 cm³/mol. The van der Waals surface area contributed by atoms with E-state index in [1.54, 1.807) is 44.1 Å². The summed E-state index contributed by atoms with van der Waals surface area (Å²) < 4.78 is 17.9. The van der Waals surface area contributed by atoms with Crippen molar-refractivity contribution >= 4 is 39.7 Å². The number of aliphatic imine (C=N–C) groups is 1. The maximum Gasteiger partial charge on any atom is 0.325 e. The van der Waals surface area contributed by atoms with Gasteiger partial charge in [-0.3, -0.25) is 14.9 Å². The Morgan fingerprint density at radius 2 is 1.67 bits per heavy atom. The van der Waals surface area contributed by atoms with Crippen LogP contribution in [0, 0.1) is 32.6 Å². The molecule has 0 radical (unpaired) electrons. The van der Waals surface area contributed by atoms with Crippen molar-refractivity contribution in [2.24, 2.45) is 16.8 Å². The van der Waals surface area contributed by atoms with Gasteiger partial charge in [-0.25, -0.2) is 4.99 Å². The first kappa shape index (κ1) is 31.0. The number of amidine groups is 1. The molecule has 2 heterocycles. The molecule has 0 bridgehead atoms. The third kappa shape index (κ3) is 6.28. The second-order valence-electron chi connectivity index (χ2n) is 11.9. The third-order valence-electron chi connectivity index (χ3n) is 9.27. The summed E-state index contributed by atoms with van der Waals surface area (Å²) in [5.41, 5.74) is 4.68. The number of aromatic nitrogens is 1. The quantitative estimate of drug-likeness (QED) is 0.302. The first-order valence-corrected chi connectivity index (χ1v) is 16.1. The number of carbonyl (C=O) groups is 2. The predicted octanol–water partition coefficient (Wildman–Crippen LogP) is 6.70. The van der Waals surface area contributed by atoms with Gasteiger partial charge in [0.05, 0.1) is 21.3 Å². The number of esters is 1. The van der Waals surface area contributed by atoms with Crippen LogP contribution in [0.15, 0.2) is 35.3 Å². The Kier molecular flexibility index (Phi) is 9.11. The van der Waals surface area contributed by atoms with E-state index in [1.165, 1.54) is 37.1 Å². The minimum absolute atomic E-state index is 0.0653. The van der Waals surface area contributed by atoms with Crippen molar-refractivity contribution in [2.45, 2.75) is 71.9 Å². The van der Waals surface area contributed by atoms with Gasteiger partial charge in [0, 0.05) is 22.2 Å². The summed E-state index contributed by atoms with van der Waals surface area (Å²) in [6.07, 6.45) is 6.95. The number of rotatable bonds is 7. The number of methoxy groups -OCH3 is 3. The Labute approximate surface area is 258 Å². The standard InChI is InChI=1S/C28H33N3O5S.C6H10/c1-8-28(20-13-23(34-5)18(4)11-24(20)35-6)15-37-27(30-28)29-26(33)22-12-19-9-16(2)17(3)10-21(19)31(22)14-25(32)36-7;1-2-5-4-6(5)3-1/h9-13H,8,14-15H2,1-7H3,(H,29,30,33);5-6H,1-4H2. The molecule has 2 aliphatic carbocycles. The van der Waals surface area contributed by atoms with Gasteiger partial charge >= 0.3 is 5.97 Å². The number of nitrogens with zero attached hydrogens (tertiary/aromatic N) is 2. The van der Waals surface area contributed by atoms with Crippen LogP contribution in [0.1, 0.15) is 71.8 Å². The van der Waals surface area contributed by atoms with Gasteiger partial charge in [-0.15, -0.1) is 0 Å². The minimum Gasteiger partial charge on any atom is -0.496 e. The van der Waals surface area contributed by atoms with Gasteiger partial charge in [0.15, 0.2) is 5.17 Å². The highest BCUT2D eigenvalue weighted by molar-refractivity contribution is 8.14. The lowest BCUT2D eigenvalue weighted by atomic mass is 9.88. The second-order valence-corrected chi connectivity index (χ2v) is 12.9. The normalized spacial score (nSPS) is 21.9. The van der Waals surface area contributed by atoms with Crippen LogP contribution < -0.4 is 14.8 Å². The fourth-order valence-electron chi connectivity index (χ4n) is 6.33. The van der Waals surface area contributed by atoms with Crippen molar-refractivity contribution in [1.29, 1.82) is 0 Å². The van der Waals surface area contributed by atoms with E-state index in [1.807, 2.05) is 45.0 Å². The SMILES string of the molecule is C1CC2CC2C1.CCC1(c2cc(OC)c(C)cc2OC)CSC(NC(=O)c2cc3cc(C)c(C)cc3n2CC(=O)OC)=N1. The molecular weight excluding hydrogens is 562 g/mol. The summed E-state index contributed by atoms with van der Waals surface area (Å²) in [5, 5.41) is 4.39. The molecule has 8 nitrogen and oxygen atoms in total. The summed E-state index contributed by atoms with van der Waals surface area (Å²) in [6, 6.07) is 9.76. The molecule has 3 aliphatic rings. The largest absolute Gasteiger partial charge is 0.496 e. The monoisotopic (exact) mass is 605 g/mol. The van der Waals surface area contributed by atoms with Gasteiger partial charge in [0.1, 0.15) is 29.3 Å². The molecule has 0 spiro atoms. The number of hydrogen-bond donors (Lipinski definition) is 1. The zero-order chi connectivity index (χ0) is 30.9. The molecule has 1 amide bonds. The number of benzene rings is 2. The van der Waals surface area contributed by atoms with Crippen LogP contribution >= 0.6 is 11.8 Å². The topological polar surface area (TPSA) is 91.2 Å². The van der Waals surface area contributed by atoms with Crippen molar-refractivity contribution in [3.05, 3.63) is 58.3 Å². The number of nitrogens with one attached hydrogen (secondary N) is 1. The summed E-state index contributed by atoms with van der Waals surface area (Å²) >= 11 is 1.49. The minimum atomic E-state index is -0.577. The van der Waals surface area contributed by atoms with Crippen molar-refractivity contribution in [3.63, 3.8) is 0 Å². The smallest absolute Gasteiger partial charge is 0.325 e. The number of thioether (sulfide) groups is 1. The van der Waals surface area contributed by atoms with Gasteiger partial charge in [-0.1, -0.05) is 37.9 Å². The Morgan fingerprint density at radius 3 is 2.26 bits per heavy atom. The molecule has 2 aromatic carbocycles. The first-order chi connectivity index (χ1) is 20.6. The van der Waals surface area contributed by atoms with E-state index < -0.39 is 11.5 Å². The van der Waals surface area contributed by atoms with Gasteiger partial charge in [-0.05, 0) is 92.5 Å². The zero-order valence-electron chi connectivity index (χ0n) is 26.3. The van der Waals surface area contributed by atoms with E-state index in [0.29, 0.717) is 23.0 Å². The average Bonchev–Trinajstić information content (AvgIpc) is 3.28. The number of aryl methyl sites for hydroxylation is 3. The Morgan fingerprint density at radius 1 is 0.977 bits per heavy atom. The van der Waals surface area contributed by atoms with Crippen molar-refractivity contribution < 1.29 is 23.8 Å². The highest BCUT2D eigenvalue weighted by Gasteiger charge is 2.40. The molecule has 9 heteroatoms. The number of amides is 1. The maximum atomic E-state index is 13.5. The number of hydrogen-bond acceptors (Lipinski definition) is 7. The molecule has 43 heavy (non-hydrogen) atoms. The molecular formula is C34H43N3O5S. The van der Waals surface area contributed by atoms with E-state index in [4.69, 9.17) is 19.2 Å². The second kappa shape index (κ2) is 12.6. The van der Waals surface area contributed by atoms with E-state index in [0.717, 1.165) is 44.7 Å². The van der Waals surface area contributed by atoms with Crippen LogP contribution in [0.25, 0.3) is 10.9 Å². The molecule has 3 aromatic rings. The molecule has 2 saturated carbocycles. The highest BCUT2D eigenvalue weighted by atomic mass is 32.2. The number of ether oxygens (including phenoxy) is 3. The van der Waals surface area contributed by atoms with E-state index >= 15 is 0 Å². The molecule has 3 unspecified atom stereocenters. The number of carbonyl (C=O) groups excluding carboxylic acids is 2. The van der Waals surface area contributed by atoms with Crippen LogP contribution in [0.4, 0.5) is 0 Å². The maximum absolute atomic E-state index is 13.5. The van der Waals surface area contributed by atoms with Crippen LogP contribution in [0.5, 0.6) is 11.5 Å². The molecule has 6 rings (SSSR count). The molecule has 1 aromatic heterocycles. The Bertz CT molecular complexity index is 1570. The first-order valence-electron chi connectivity index (χ1n) is 15.1. The van der Waals surface area contributed by atoms with E-state index in [-0.39, 0.29) is 12.5 Å². The third-order valence-corrected chi connectivity index (χ3v) is 10.4. The van der Waals surface area contributed by atoms with Crippen LogP contribution in [0.3, 0.4) is 0 Å². The molecule has 0 saturated heterocycles. The Balaban J connectivity index is 0.000000537. The lowest BCUT2D eigenvalue weighted by Gasteiger charge is -2.27. The van der Waals surface area contributed by atoms with Gasteiger partial charge in [0.25, 0.3) is 5.91 Å². The van der Waals surface area contributed by atoms with Crippen molar-refractivity contribution in [3.8, 4) is 11.5 Å². The number of fused-ring (bicyclic) bond motifs is 2. The van der Waals surface area contributed by atoms with E-state index in [2.05, 4.69) is 12.2 Å². The van der Waals surface area contributed by atoms with Gasteiger partial charge < -0.3 is 18.8 Å². The summed E-state index contributed by atoms with van der Waals surface area (Å²) in [5.74, 6) is 3.81. The molecule has 1 aliphatic heterocycles. The summed E-state index contributed by atoms with van der Waals surface area (Å²) in [6.45, 7) is 8.00. The van der Waals surface area contributed by atoms with Crippen molar-refractivity contribution in [2.75, 3.05) is 27.1 Å². The molecule has 2 fully saturated rings. The fourth-order valence-corrected chi connectivity index (χ4v) is 7.54. The van der Waals surface area contributed by atoms with Crippen LogP contribution in [-0.4, -0.2) is 48.7 Å². The zero-order valence-corrected chi connectivity index (χ0v) is 27.2. The Hall–Kier alpha value is -3.46. The van der Waals surface area contributed by atoms with Gasteiger partial charge in [0.2, 0.25) is 0 Å². The highest BCUT2D eigenvalue weighted by Crippen LogP contribution is 2.51. The fraction of sp³-hybridized carbons (Fsp3) is 0.500. The molecule has 230 valence electrons. The van der Waals surface area contributed by atoms with Crippen molar-refractivity contribution in [1.82, 2.24) is 9.88 Å². The summed E-state index contributed by atoms with van der Waals surface area (Å²) in [4.78, 5) is 30.7. The van der Waals surface area contributed by atoms with Gasteiger partial charge in [-0.2, -0.15) is 0 Å². The van der Waals surface area contributed by atoms with E-state index in [9.17, 15) is 9.59 Å². The van der Waals surface area contributed by atoms with Crippen LogP contribution in [-0.2, 0) is 21.6 Å². The lowest BCUT2D eigenvalue weighted by Crippen LogP contribution is -2.30. The molecule has 1 N–H and O–H groups in total.